The Kier molecular flexibility index (Phi) is 8.49. The summed E-state index contributed by atoms with van der Waals surface area (Å²) in [4.78, 5) is 28.6. The maximum absolute atomic E-state index is 13.1. The molecule has 0 aromatic heterocycles. The van der Waals surface area contributed by atoms with Gasteiger partial charge in [0.1, 0.15) is 6.04 Å². The Labute approximate surface area is 192 Å². The van der Waals surface area contributed by atoms with Gasteiger partial charge in [-0.3, -0.25) is 9.59 Å². The van der Waals surface area contributed by atoms with Crippen molar-refractivity contribution < 1.29 is 9.59 Å². The Hall–Kier alpha value is -1.69. The van der Waals surface area contributed by atoms with Gasteiger partial charge in [-0.2, -0.15) is 0 Å². The summed E-state index contributed by atoms with van der Waals surface area (Å²) in [6.07, 6.45) is 4.30. The van der Waals surface area contributed by atoms with Gasteiger partial charge < -0.3 is 10.2 Å². The fourth-order valence-corrected chi connectivity index (χ4v) is 4.69. The van der Waals surface area contributed by atoms with Gasteiger partial charge in [-0.25, -0.2) is 0 Å². The van der Waals surface area contributed by atoms with Gasteiger partial charge in [-0.1, -0.05) is 48.2 Å². The van der Waals surface area contributed by atoms with Crippen molar-refractivity contribution in [3.8, 4) is 0 Å². The minimum atomic E-state index is -0.567. The molecule has 0 heterocycles. The van der Waals surface area contributed by atoms with E-state index in [-0.39, 0.29) is 23.6 Å². The molecule has 30 heavy (non-hydrogen) atoms. The molecular weight excluding hydrogens is 439 g/mol. The molecule has 2 aromatic carbocycles. The number of carbonyl (C=O) groups is 2. The van der Waals surface area contributed by atoms with Crippen LogP contribution < -0.4 is 5.32 Å². The summed E-state index contributed by atoms with van der Waals surface area (Å²) in [6, 6.07) is 14.4. The van der Waals surface area contributed by atoms with E-state index in [4.69, 9.17) is 23.2 Å². The number of hydrogen-bond donors (Lipinski definition) is 1. The van der Waals surface area contributed by atoms with Crippen LogP contribution in [-0.4, -0.2) is 34.6 Å². The predicted molar refractivity (Wildman–Crippen MR) is 124 cm³/mol. The van der Waals surface area contributed by atoms with Gasteiger partial charge in [0, 0.05) is 27.5 Å². The number of amides is 2. The molecule has 7 heteroatoms. The summed E-state index contributed by atoms with van der Waals surface area (Å²) in [7, 11) is 0. The van der Waals surface area contributed by atoms with Gasteiger partial charge >= 0.3 is 0 Å². The average molecular weight is 465 g/mol. The molecule has 1 fully saturated rings. The van der Waals surface area contributed by atoms with E-state index in [1.54, 1.807) is 30.0 Å². The molecule has 2 aromatic rings. The molecule has 0 saturated heterocycles. The van der Waals surface area contributed by atoms with Crippen LogP contribution in [0.5, 0.6) is 0 Å². The molecule has 1 N–H and O–H groups in total. The van der Waals surface area contributed by atoms with E-state index in [0.717, 1.165) is 36.1 Å². The molecule has 1 atom stereocenters. The molecule has 0 radical (unpaired) electrons. The standard InChI is InChI=1S/C23H26Cl2N2O2S/c1-16(23(29)26-20-7-2-3-8-20)27(14-17-5-4-6-19(25)13-17)22(28)15-30-21-11-9-18(24)10-12-21/h4-6,9-13,16,20H,2-3,7-8,14-15H2,1H3,(H,26,29). The van der Waals surface area contributed by atoms with E-state index >= 15 is 0 Å². The second-order valence-corrected chi connectivity index (χ2v) is 9.48. The van der Waals surface area contributed by atoms with E-state index in [1.807, 2.05) is 30.3 Å². The van der Waals surface area contributed by atoms with Crippen LogP contribution >= 0.6 is 35.0 Å². The molecule has 0 aliphatic heterocycles. The van der Waals surface area contributed by atoms with E-state index in [2.05, 4.69) is 5.32 Å². The van der Waals surface area contributed by atoms with Gasteiger partial charge in [0.15, 0.2) is 0 Å². The predicted octanol–water partition coefficient (Wildman–Crippen LogP) is 5.56. The van der Waals surface area contributed by atoms with Crippen molar-refractivity contribution in [3.63, 3.8) is 0 Å². The number of thioether (sulfide) groups is 1. The van der Waals surface area contributed by atoms with Crippen molar-refractivity contribution in [1.82, 2.24) is 10.2 Å². The van der Waals surface area contributed by atoms with Crippen molar-refractivity contribution in [2.45, 2.75) is 56.1 Å². The first kappa shape index (κ1) is 23.0. The average Bonchev–Trinajstić information content (AvgIpc) is 3.24. The highest BCUT2D eigenvalue weighted by atomic mass is 35.5. The highest BCUT2D eigenvalue weighted by molar-refractivity contribution is 8.00. The Balaban J connectivity index is 1.70. The normalized spacial score (nSPS) is 15.0. The first-order valence-corrected chi connectivity index (χ1v) is 11.9. The van der Waals surface area contributed by atoms with Crippen LogP contribution in [0.15, 0.2) is 53.4 Å². The van der Waals surface area contributed by atoms with Crippen LogP contribution in [0.3, 0.4) is 0 Å². The van der Waals surface area contributed by atoms with Gasteiger partial charge in [-0.15, -0.1) is 11.8 Å². The zero-order valence-electron chi connectivity index (χ0n) is 16.9. The molecule has 1 aliphatic rings. The van der Waals surface area contributed by atoms with E-state index in [0.29, 0.717) is 16.6 Å². The Morgan fingerprint density at radius 1 is 1.10 bits per heavy atom. The van der Waals surface area contributed by atoms with Crippen molar-refractivity contribution in [1.29, 1.82) is 0 Å². The zero-order valence-corrected chi connectivity index (χ0v) is 19.3. The lowest BCUT2D eigenvalue weighted by Gasteiger charge is -2.29. The quantitative estimate of drug-likeness (QED) is 0.520. The highest BCUT2D eigenvalue weighted by Crippen LogP contribution is 2.23. The third-order valence-electron chi connectivity index (χ3n) is 5.29. The molecule has 4 nitrogen and oxygen atoms in total. The minimum Gasteiger partial charge on any atom is -0.352 e. The van der Waals surface area contributed by atoms with Gasteiger partial charge in [0.05, 0.1) is 5.75 Å². The summed E-state index contributed by atoms with van der Waals surface area (Å²) in [5.74, 6) is 0.0428. The van der Waals surface area contributed by atoms with Crippen LogP contribution in [0.4, 0.5) is 0 Å². The van der Waals surface area contributed by atoms with Crippen LogP contribution in [0, 0.1) is 0 Å². The Bertz CT molecular complexity index is 870. The first-order chi connectivity index (χ1) is 14.4. The summed E-state index contributed by atoms with van der Waals surface area (Å²) >= 11 is 13.5. The molecule has 0 spiro atoms. The number of nitrogens with zero attached hydrogens (tertiary/aromatic N) is 1. The number of halogens is 2. The first-order valence-electron chi connectivity index (χ1n) is 10.1. The molecular formula is C23H26Cl2N2O2S. The number of hydrogen-bond acceptors (Lipinski definition) is 3. The molecule has 160 valence electrons. The molecule has 3 rings (SSSR count). The lowest BCUT2D eigenvalue weighted by Crippen LogP contribution is -2.50. The second-order valence-electron chi connectivity index (χ2n) is 7.56. The second kappa shape index (κ2) is 11.1. The van der Waals surface area contributed by atoms with Gasteiger partial charge in [0.2, 0.25) is 11.8 Å². The Morgan fingerprint density at radius 2 is 1.80 bits per heavy atom. The fraction of sp³-hybridized carbons (Fsp3) is 0.391. The minimum absolute atomic E-state index is 0.0935. The van der Waals surface area contributed by atoms with Crippen molar-refractivity contribution >= 4 is 46.8 Å². The number of nitrogens with one attached hydrogen (secondary N) is 1. The largest absolute Gasteiger partial charge is 0.352 e. The van der Waals surface area contributed by atoms with E-state index in [1.165, 1.54) is 11.8 Å². The van der Waals surface area contributed by atoms with Crippen LogP contribution in [0.2, 0.25) is 10.0 Å². The van der Waals surface area contributed by atoms with Crippen molar-refractivity contribution in [2.24, 2.45) is 0 Å². The summed E-state index contributed by atoms with van der Waals surface area (Å²) in [5.41, 5.74) is 0.896. The molecule has 1 aliphatic carbocycles. The maximum atomic E-state index is 13.1. The third-order valence-corrected chi connectivity index (χ3v) is 6.77. The smallest absolute Gasteiger partial charge is 0.242 e. The molecule has 0 bridgehead atoms. The molecule has 1 unspecified atom stereocenters. The summed E-state index contributed by atoms with van der Waals surface area (Å²) in [6.45, 7) is 2.12. The third kappa shape index (κ3) is 6.66. The lowest BCUT2D eigenvalue weighted by molar-refractivity contribution is -0.138. The maximum Gasteiger partial charge on any atom is 0.242 e. The molecule has 1 saturated carbocycles. The van der Waals surface area contributed by atoms with Crippen LogP contribution in [-0.2, 0) is 16.1 Å². The summed E-state index contributed by atoms with van der Waals surface area (Å²) in [5, 5.41) is 4.38. The fourth-order valence-electron chi connectivity index (χ4n) is 3.57. The zero-order chi connectivity index (χ0) is 21.5. The van der Waals surface area contributed by atoms with Crippen LogP contribution in [0.1, 0.15) is 38.2 Å². The number of rotatable bonds is 8. The summed E-state index contributed by atoms with van der Waals surface area (Å²) < 4.78 is 0. The van der Waals surface area contributed by atoms with Gasteiger partial charge in [-0.05, 0) is 61.7 Å². The Morgan fingerprint density at radius 3 is 2.47 bits per heavy atom. The lowest BCUT2D eigenvalue weighted by atomic mass is 10.1. The SMILES string of the molecule is CC(C(=O)NC1CCCC1)N(Cc1cccc(Cl)c1)C(=O)CSc1ccc(Cl)cc1. The monoisotopic (exact) mass is 464 g/mol. The number of carbonyl (C=O) groups excluding carboxylic acids is 2. The van der Waals surface area contributed by atoms with Crippen LogP contribution in [0.25, 0.3) is 0 Å². The van der Waals surface area contributed by atoms with Gasteiger partial charge in [0.25, 0.3) is 0 Å². The van der Waals surface area contributed by atoms with E-state index < -0.39 is 6.04 Å². The highest BCUT2D eigenvalue weighted by Gasteiger charge is 2.28. The van der Waals surface area contributed by atoms with E-state index in [9.17, 15) is 9.59 Å². The molecule has 2 amide bonds. The topological polar surface area (TPSA) is 49.4 Å². The number of benzene rings is 2. The van der Waals surface area contributed by atoms with Crippen molar-refractivity contribution in [2.75, 3.05) is 5.75 Å². The van der Waals surface area contributed by atoms with Crippen molar-refractivity contribution in [3.05, 3.63) is 64.1 Å².